The first kappa shape index (κ1) is 14.3. The molecule has 100 valence electrons. The fourth-order valence-electron chi connectivity index (χ4n) is 1.80. The van der Waals surface area contributed by atoms with E-state index in [2.05, 4.69) is 26.2 Å². The Morgan fingerprint density at radius 2 is 2.16 bits per heavy atom. The van der Waals surface area contributed by atoms with E-state index in [0.717, 1.165) is 22.0 Å². The molecule has 1 heterocycles. The lowest BCUT2D eigenvalue weighted by Gasteiger charge is -2.09. The van der Waals surface area contributed by atoms with Crippen LogP contribution in [0, 0.1) is 12.7 Å². The van der Waals surface area contributed by atoms with Crippen LogP contribution in [0.3, 0.4) is 0 Å². The highest BCUT2D eigenvalue weighted by molar-refractivity contribution is 9.10. The van der Waals surface area contributed by atoms with Crippen molar-refractivity contribution in [2.24, 2.45) is 0 Å². The number of aryl methyl sites for hydroxylation is 1. The lowest BCUT2D eigenvalue weighted by Crippen LogP contribution is -2.07. The monoisotopic (exact) mass is 342 g/mol. The molecule has 1 aromatic heterocycles. The molecule has 2 aromatic rings. The molecule has 0 saturated carbocycles. The molecule has 0 unspecified atom stereocenters. The molecule has 0 radical (unpaired) electrons. The van der Waals surface area contributed by atoms with Crippen molar-refractivity contribution < 1.29 is 4.39 Å². The summed E-state index contributed by atoms with van der Waals surface area (Å²) < 4.78 is 13.8. The zero-order valence-corrected chi connectivity index (χ0v) is 12.7. The number of benzene rings is 1. The van der Waals surface area contributed by atoms with Gasteiger partial charge in [-0.3, -0.25) is 0 Å². The largest absolute Gasteiger partial charge is 0.369 e. The lowest BCUT2D eigenvalue weighted by molar-refractivity contribution is 0.625. The topological polar surface area (TPSA) is 24.9 Å². The van der Waals surface area contributed by atoms with Crippen molar-refractivity contribution in [2.75, 3.05) is 11.9 Å². The smallest absolute Gasteiger partial charge is 0.144 e. The molecule has 0 saturated heterocycles. The fraction of sp³-hybridized carbons (Fsp3) is 0.214. The Morgan fingerprint density at radius 3 is 2.84 bits per heavy atom. The van der Waals surface area contributed by atoms with E-state index in [9.17, 15) is 4.39 Å². The van der Waals surface area contributed by atoms with Crippen LogP contribution in [0.4, 0.5) is 10.2 Å². The normalized spacial score (nSPS) is 10.5. The summed E-state index contributed by atoms with van der Waals surface area (Å²) in [5.74, 6) is 0.455. The van der Waals surface area contributed by atoms with Crippen LogP contribution >= 0.6 is 27.5 Å². The summed E-state index contributed by atoms with van der Waals surface area (Å²) in [7, 11) is 0. The highest BCUT2D eigenvalue weighted by atomic mass is 79.9. The molecule has 0 spiro atoms. The predicted molar refractivity (Wildman–Crippen MR) is 80.3 cm³/mol. The molecule has 0 amide bonds. The second-order valence-electron chi connectivity index (χ2n) is 4.23. The Labute approximate surface area is 125 Å². The molecule has 0 fully saturated rings. The van der Waals surface area contributed by atoms with Crippen molar-refractivity contribution in [2.45, 2.75) is 13.3 Å². The van der Waals surface area contributed by atoms with Crippen LogP contribution in [-0.4, -0.2) is 11.5 Å². The molecule has 1 N–H and O–H groups in total. The molecule has 0 aliphatic carbocycles. The Balaban J connectivity index is 1.96. The standard InChI is InChI=1S/C14H13BrClFN2/c1-9-6-12(17)3-2-10(9)4-5-18-14-13(16)7-11(15)8-19-14/h2-3,6-8H,4-5H2,1H3,(H,18,19). The van der Waals surface area contributed by atoms with Crippen molar-refractivity contribution in [3.8, 4) is 0 Å². The number of rotatable bonds is 4. The highest BCUT2D eigenvalue weighted by Crippen LogP contribution is 2.22. The molecule has 5 heteroatoms. The van der Waals surface area contributed by atoms with Crippen molar-refractivity contribution in [3.05, 3.63) is 56.9 Å². The average molecular weight is 344 g/mol. The van der Waals surface area contributed by atoms with E-state index in [1.807, 2.05) is 13.0 Å². The summed E-state index contributed by atoms with van der Waals surface area (Å²) in [6, 6.07) is 6.62. The molecule has 0 aliphatic rings. The molecule has 2 rings (SSSR count). The first-order valence-electron chi connectivity index (χ1n) is 5.86. The average Bonchev–Trinajstić information content (AvgIpc) is 2.34. The minimum Gasteiger partial charge on any atom is -0.369 e. The molecule has 0 bridgehead atoms. The van der Waals surface area contributed by atoms with E-state index < -0.39 is 0 Å². The third-order valence-electron chi connectivity index (χ3n) is 2.80. The molecular weight excluding hydrogens is 331 g/mol. The number of nitrogens with one attached hydrogen (secondary N) is 1. The van der Waals surface area contributed by atoms with Gasteiger partial charge in [-0.2, -0.15) is 0 Å². The summed E-state index contributed by atoms with van der Waals surface area (Å²) in [4.78, 5) is 4.20. The van der Waals surface area contributed by atoms with Gasteiger partial charge in [-0.1, -0.05) is 17.7 Å². The maximum absolute atomic E-state index is 13.0. The van der Waals surface area contributed by atoms with E-state index in [0.29, 0.717) is 17.4 Å². The van der Waals surface area contributed by atoms with Gasteiger partial charge in [-0.25, -0.2) is 9.37 Å². The van der Waals surface area contributed by atoms with Gasteiger partial charge in [0.1, 0.15) is 11.6 Å². The minimum atomic E-state index is -0.202. The zero-order valence-electron chi connectivity index (χ0n) is 10.4. The minimum absolute atomic E-state index is 0.202. The molecule has 0 aliphatic heterocycles. The van der Waals surface area contributed by atoms with Gasteiger partial charge >= 0.3 is 0 Å². The number of hydrogen-bond donors (Lipinski definition) is 1. The van der Waals surface area contributed by atoms with Gasteiger partial charge < -0.3 is 5.32 Å². The number of aromatic nitrogens is 1. The van der Waals surface area contributed by atoms with Crippen LogP contribution in [0.1, 0.15) is 11.1 Å². The molecule has 1 aromatic carbocycles. The first-order valence-corrected chi connectivity index (χ1v) is 7.03. The van der Waals surface area contributed by atoms with Gasteiger partial charge in [-0.15, -0.1) is 0 Å². The second-order valence-corrected chi connectivity index (χ2v) is 5.55. The van der Waals surface area contributed by atoms with Gasteiger partial charge in [0.05, 0.1) is 5.02 Å². The van der Waals surface area contributed by atoms with Gasteiger partial charge in [0, 0.05) is 17.2 Å². The van der Waals surface area contributed by atoms with Crippen molar-refractivity contribution in [1.29, 1.82) is 0 Å². The first-order chi connectivity index (χ1) is 9.06. The van der Waals surface area contributed by atoms with Crippen molar-refractivity contribution in [3.63, 3.8) is 0 Å². The number of anilines is 1. The predicted octanol–water partition coefficient (Wildman–Crippen LogP) is 4.60. The fourth-order valence-corrected chi connectivity index (χ4v) is 2.50. The van der Waals surface area contributed by atoms with Gasteiger partial charge in [0.2, 0.25) is 0 Å². The molecule has 2 nitrogen and oxygen atoms in total. The summed E-state index contributed by atoms with van der Waals surface area (Å²) in [5, 5.41) is 3.75. The summed E-state index contributed by atoms with van der Waals surface area (Å²) >= 11 is 9.37. The molecule has 19 heavy (non-hydrogen) atoms. The van der Waals surface area contributed by atoms with Crippen molar-refractivity contribution >= 4 is 33.3 Å². The molecular formula is C14H13BrClFN2. The van der Waals surface area contributed by atoms with Gasteiger partial charge in [0.15, 0.2) is 0 Å². The maximum atomic E-state index is 13.0. The quantitative estimate of drug-likeness (QED) is 0.877. The summed E-state index contributed by atoms with van der Waals surface area (Å²) in [5.41, 5.74) is 2.07. The van der Waals surface area contributed by atoms with E-state index >= 15 is 0 Å². The Hall–Kier alpha value is -1.13. The summed E-state index contributed by atoms with van der Waals surface area (Å²) in [6.45, 7) is 2.60. The van der Waals surface area contributed by atoms with Crippen molar-refractivity contribution in [1.82, 2.24) is 4.98 Å². The lowest BCUT2D eigenvalue weighted by atomic mass is 10.1. The molecule has 0 atom stereocenters. The Bertz CT molecular complexity index is 538. The van der Waals surface area contributed by atoms with Gasteiger partial charge in [0.25, 0.3) is 0 Å². The van der Waals surface area contributed by atoms with Crippen LogP contribution in [-0.2, 0) is 6.42 Å². The second kappa shape index (κ2) is 6.35. The van der Waals surface area contributed by atoms with E-state index in [1.165, 1.54) is 6.07 Å². The number of hydrogen-bond acceptors (Lipinski definition) is 2. The number of nitrogens with zero attached hydrogens (tertiary/aromatic N) is 1. The Kier molecular flexibility index (Phi) is 4.77. The van der Waals surface area contributed by atoms with E-state index in [1.54, 1.807) is 18.3 Å². The van der Waals surface area contributed by atoms with E-state index in [-0.39, 0.29) is 5.82 Å². The van der Waals surface area contributed by atoms with E-state index in [4.69, 9.17) is 11.6 Å². The van der Waals surface area contributed by atoms with Crippen LogP contribution in [0.5, 0.6) is 0 Å². The third-order valence-corrected chi connectivity index (χ3v) is 3.52. The number of halogens is 3. The van der Waals surface area contributed by atoms with Gasteiger partial charge in [-0.05, 0) is 58.6 Å². The third kappa shape index (κ3) is 3.91. The van der Waals surface area contributed by atoms with Crippen LogP contribution < -0.4 is 5.32 Å². The van der Waals surface area contributed by atoms with Crippen LogP contribution in [0.2, 0.25) is 5.02 Å². The van der Waals surface area contributed by atoms with Crippen LogP contribution in [0.15, 0.2) is 34.9 Å². The van der Waals surface area contributed by atoms with Crippen LogP contribution in [0.25, 0.3) is 0 Å². The Morgan fingerprint density at radius 1 is 1.37 bits per heavy atom. The number of pyridine rings is 1. The maximum Gasteiger partial charge on any atom is 0.144 e. The highest BCUT2D eigenvalue weighted by Gasteiger charge is 2.03. The SMILES string of the molecule is Cc1cc(F)ccc1CCNc1ncc(Br)cc1Cl. The summed E-state index contributed by atoms with van der Waals surface area (Å²) in [6.07, 6.45) is 2.48. The zero-order chi connectivity index (χ0) is 13.8.